The van der Waals surface area contributed by atoms with Gasteiger partial charge in [0.1, 0.15) is 19.2 Å². The van der Waals surface area contributed by atoms with Gasteiger partial charge >= 0.3 is 5.97 Å². The van der Waals surface area contributed by atoms with Crippen LogP contribution in [0.25, 0.3) is 10.8 Å². The Morgan fingerprint density at radius 1 is 1.22 bits per heavy atom. The molecular weight excluding hydrogens is 342 g/mol. The largest absolute Gasteiger partial charge is 0.480 e. The van der Waals surface area contributed by atoms with E-state index >= 15 is 0 Å². The third-order valence-electron chi connectivity index (χ3n) is 6.00. The highest BCUT2D eigenvalue weighted by Crippen LogP contribution is 2.38. The molecule has 1 fully saturated rings. The van der Waals surface area contributed by atoms with Gasteiger partial charge in [-0.25, -0.2) is 4.39 Å². The topological polar surface area (TPSA) is 75.4 Å². The van der Waals surface area contributed by atoms with E-state index in [-0.39, 0.29) is 17.8 Å². The molecule has 27 heavy (non-hydrogen) atoms. The number of halogens is 1. The van der Waals surface area contributed by atoms with Crippen molar-refractivity contribution in [2.24, 2.45) is 11.7 Å². The molecule has 0 amide bonds. The van der Waals surface area contributed by atoms with E-state index in [0.29, 0.717) is 18.4 Å². The van der Waals surface area contributed by atoms with Gasteiger partial charge in [-0.1, -0.05) is 49.5 Å². The summed E-state index contributed by atoms with van der Waals surface area (Å²) in [4.78, 5) is 11.7. The van der Waals surface area contributed by atoms with E-state index in [9.17, 15) is 14.3 Å². The highest BCUT2D eigenvalue weighted by molar-refractivity contribution is 6.08. The molecule has 1 atom stereocenters. The molecular formula is C21H28BFN2O2. The van der Waals surface area contributed by atoms with Crippen LogP contribution in [0.5, 0.6) is 0 Å². The van der Waals surface area contributed by atoms with E-state index in [1.54, 1.807) is 12.1 Å². The number of aliphatic carboxylic acids is 1. The normalized spacial score (nSPS) is 21.6. The molecule has 1 unspecified atom stereocenters. The van der Waals surface area contributed by atoms with Gasteiger partial charge in [0, 0.05) is 18.0 Å². The first-order chi connectivity index (χ1) is 13.0. The maximum Gasteiger partial charge on any atom is 0.323 e. The van der Waals surface area contributed by atoms with Gasteiger partial charge in [-0.05, 0) is 42.2 Å². The van der Waals surface area contributed by atoms with E-state index in [4.69, 9.17) is 5.73 Å². The first-order valence-electron chi connectivity index (χ1n) is 9.87. The Morgan fingerprint density at radius 3 is 2.63 bits per heavy atom. The average Bonchev–Trinajstić information content (AvgIpc) is 2.61. The quantitative estimate of drug-likeness (QED) is 0.469. The van der Waals surface area contributed by atoms with Gasteiger partial charge in [0.15, 0.2) is 0 Å². The molecule has 2 aromatic carbocycles. The molecule has 3 rings (SSSR count). The molecule has 4 nitrogen and oxygen atoms in total. The maximum atomic E-state index is 13.9. The maximum absolute atomic E-state index is 13.9. The second kappa shape index (κ2) is 8.40. The van der Waals surface area contributed by atoms with Crippen LogP contribution >= 0.6 is 0 Å². The summed E-state index contributed by atoms with van der Waals surface area (Å²) in [6, 6.07) is 11.1. The molecule has 0 bridgehead atoms. The van der Waals surface area contributed by atoms with Crippen molar-refractivity contribution in [3.8, 4) is 0 Å². The predicted molar refractivity (Wildman–Crippen MR) is 109 cm³/mol. The fourth-order valence-electron chi connectivity index (χ4n) is 4.10. The Hall–Kier alpha value is -1.92. The lowest BCUT2D eigenvalue weighted by molar-refractivity contribution is -0.148. The fraction of sp³-hybridized carbons (Fsp3) is 0.476. The lowest BCUT2D eigenvalue weighted by Crippen LogP contribution is -2.61. The molecule has 6 heteroatoms. The van der Waals surface area contributed by atoms with Gasteiger partial charge in [0.2, 0.25) is 0 Å². The number of carboxylic acid groups (broad SMARTS) is 1. The van der Waals surface area contributed by atoms with Crippen LogP contribution in [0.3, 0.4) is 0 Å². The smallest absolute Gasteiger partial charge is 0.323 e. The summed E-state index contributed by atoms with van der Waals surface area (Å²) in [5, 5.41) is 14.7. The van der Waals surface area contributed by atoms with Gasteiger partial charge in [-0.3, -0.25) is 4.79 Å². The van der Waals surface area contributed by atoms with Crippen LogP contribution in [0.4, 0.5) is 4.39 Å². The number of rotatable bonds is 9. The third kappa shape index (κ3) is 4.17. The number of nitrogens with two attached hydrogens (primary N) is 1. The van der Waals surface area contributed by atoms with E-state index in [0.717, 1.165) is 43.0 Å². The molecule has 0 aliphatic heterocycles. The number of nitrogens with one attached hydrogen (secondary N) is 1. The molecule has 0 radical (unpaired) electrons. The molecule has 0 saturated heterocycles. The lowest BCUT2D eigenvalue weighted by atomic mass is 9.66. The van der Waals surface area contributed by atoms with E-state index < -0.39 is 11.5 Å². The van der Waals surface area contributed by atoms with Crippen molar-refractivity contribution in [1.29, 1.82) is 0 Å². The van der Waals surface area contributed by atoms with Crippen LogP contribution in [-0.4, -0.2) is 30.5 Å². The first kappa shape index (κ1) is 19.8. The zero-order valence-corrected chi connectivity index (χ0v) is 15.9. The second-order valence-corrected chi connectivity index (χ2v) is 7.80. The number of fused-ring (bicyclic) bond motifs is 1. The Labute approximate surface area is 160 Å². The SMILES string of the molecule is BCCCCC(N)(C(=O)O)[C@H]1C[C@@H](NCc2cccc3c(F)cccc23)C1. The van der Waals surface area contributed by atoms with Gasteiger partial charge in [-0.2, -0.15) is 0 Å². The summed E-state index contributed by atoms with van der Waals surface area (Å²) in [6.45, 7) is 0.638. The van der Waals surface area contributed by atoms with Crippen molar-refractivity contribution in [2.75, 3.05) is 0 Å². The van der Waals surface area contributed by atoms with Crippen LogP contribution in [0, 0.1) is 11.7 Å². The lowest BCUT2D eigenvalue weighted by Gasteiger charge is -2.45. The van der Waals surface area contributed by atoms with Gasteiger partial charge in [0.05, 0.1) is 0 Å². The Kier molecular flexibility index (Phi) is 6.17. The molecule has 1 saturated carbocycles. The Balaban J connectivity index is 1.58. The van der Waals surface area contributed by atoms with Crippen LogP contribution in [0.15, 0.2) is 36.4 Å². The van der Waals surface area contributed by atoms with E-state index in [1.807, 2.05) is 18.2 Å². The third-order valence-corrected chi connectivity index (χ3v) is 6.00. The van der Waals surface area contributed by atoms with Crippen molar-refractivity contribution >= 4 is 24.6 Å². The number of benzene rings is 2. The zero-order valence-electron chi connectivity index (χ0n) is 15.9. The van der Waals surface area contributed by atoms with Gasteiger partial charge in [-0.15, -0.1) is 0 Å². The highest BCUT2D eigenvalue weighted by Gasteiger charge is 2.47. The standard InChI is InChI=1S/C21H28BFN2O2/c22-10-2-1-9-21(24,20(26)27)15-11-16(12-15)25-13-14-5-3-7-18-17(14)6-4-8-19(18)23/h3-8,15-16,25H,1-2,9-13,22,24H2,(H,26,27)/t15-,16+,21?. The van der Waals surface area contributed by atoms with Crippen LogP contribution in [0.2, 0.25) is 6.32 Å². The van der Waals surface area contributed by atoms with Crippen LogP contribution in [-0.2, 0) is 11.3 Å². The second-order valence-electron chi connectivity index (χ2n) is 7.80. The predicted octanol–water partition coefficient (Wildman–Crippen LogP) is 2.85. The van der Waals surface area contributed by atoms with E-state index in [2.05, 4.69) is 13.2 Å². The van der Waals surface area contributed by atoms with Crippen molar-refractivity contribution in [3.63, 3.8) is 0 Å². The zero-order chi connectivity index (χ0) is 19.4. The molecule has 0 aromatic heterocycles. The van der Waals surface area contributed by atoms with E-state index in [1.165, 1.54) is 6.07 Å². The summed E-state index contributed by atoms with van der Waals surface area (Å²) in [5.41, 5.74) is 6.21. The van der Waals surface area contributed by atoms with Gasteiger partial charge in [0.25, 0.3) is 0 Å². The summed E-state index contributed by atoms with van der Waals surface area (Å²) < 4.78 is 13.9. The number of carbonyl (C=O) groups is 1. The highest BCUT2D eigenvalue weighted by atomic mass is 19.1. The molecule has 0 heterocycles. The molecule has 144 valence electrons. The minimum atomic E-state index is -1.12. The number of hydrogen-bond acceptors (Lipinski definition) is 3. The summed E-state index contributed by atoms with van der Waals surface area (Å²) >= 11 is 0. The first-order valence-corrected chi connectivity index (χ1v) is 9.87. The van der Waals surface area contributed by atoms with Crippen molar-refractivity contribution in [1.82, 2.24) is 5.32 Å². The molecule has 2 aromatic rings. The minimum absolute atomic E-state index is 0.00863. The monoisotopic (exact) mass is 370 g/mol. The summed E-state index contributed by atoms with van der Waals surface area (Å²) in [7, 11) is 2.10. The molecule has 4 N–H and O–H groups in total. The van der Waals surface area contributed by atoms with Crippen LogP contribution < -0.4 is 11.1 Å². The number of carboxylic acids is 1. The Bertz CT molecular complexity index is 810. The van der Waals surface area contributed by atoms with Crippen molar-refractivity contribution < 1.29 is 14.3 Å². The summed E-state index contributed by atoms with van der Waals surface area (Å²) in [5.74, 6) is -1.08. The molecule has 1 aliphatic carbocycles. The van der Waals surface area contributed by atoms with Crippen LogP contribution in [0.1, 0.15) is 37.7 Å². The van der Waals surface area contributed by atoms with Gasteiger partial charge < -0.3 is 16.2 Å². The number of hydrogen-bond donors (Lipinski definition) is 3. The van der Waals surface area contributed by atoms with Crippen molar-refractivity contribution in [3.05, 3.63) is 47.8 Å². The number of unbranched alkanes of at least 4 members (excludes halogenated alkanes) is 1. The minimum Gasteiger partial charge on any atom is -0.480 e. The fourth-order valence-corrected chi connectivity index (χ4v) is 4.10. The molecule has 0 spiro atoms. The Morgan fingerprint density at radius 2 is 1.93 bits per heavy atom. The van der Waals surface area contributed by atoms with Crippen molar-refractivity contribution in [2.45, 2.75) is 56.5 Å². The summed E-state index contributed by atoms with van der Waals surface area (Å²) in [6.07, 6.45) is 5.00. The molecule has 1 aliphatic rings. The average molecular weight is 370 g/mol.